The van der Waals surface area contributed by atoms with Crippen molar-refractivity contribution in [2.24, 2.45) is 4.99 Å². The number of carbonyl (C=O) groups excluding carboxylic acids is 1. The lowest BCUT2D eigenvalue weighted by Gasteiger charge is -2.20. The fraction of sp³-hybridized carbons (Fsp3) is 0.0400. The predicted octanol–water partition coefficient (Wildman–Crippen LogP) is 5.56. The molecule has 0 radical (unpaired) electrons. The molecular weight excluding hydrogens is 394 g/mol. The average molecular weight is 411 g/mol. The van der Waals surface area contributed by atoms with E-state index in [9.17, 15) is 4.79 Å². The van der Waals surface area contributed by atoms with Crippen LogP contribution in [0.25, 0.3) is 11.3 Å². The molecule has 2 aliphatic rings. The molecule has 3 aromatic carbocycles. The molecule has 0 N–H and O–H groups in total. The van der Waals surface area contributed by atoms with Crippen LogP contribution in [-0.4, -0.2) is 18.1 Å². The maximum absolute atomic E-state index is 12.7. The topological polar surface area (TPSA) is 47.9 Å². The van der Waals surface area contributed by atoms with Gasteiger partial charge < -0.3 is 9.47 Å². The van der Waals surface area contributed by atoms with Gasteiger partial charge in [-0.3, -0.25) is 0 Å². The minimum absolute atomic E-state index is 0.280. The summed E-state index contributed by atoms with van der Waals surface area (Å²) < 4.78 is 11.6. The summed E-state index contributed by atoms with van der Waals surface area (Å²) in [7, 11) is 0. The minimum Gasteiger partial charge on any atom is -0.456 e. The number of thioether (sulfide) groups is 1. The molecule has 5 heteroatoms. The number of nitrogens with zero attached hydrogens (tertiary/aromatic N) is 1. The summed E-state index contributed by atoms with van der Waals surface area (Å²) in [4.78, 5) is 18.4. The van der Waals surface area contributed by atoms with Crippen LogP contribution in [0.5, 0.6) is 5.75 Å². The highest BCUT2D eigenvalue weighted by atomic mass is 32.2. The molecule has 0 amide bonds. The quantitative estimate of drug-likeness (QED) is 0.322. The van der Waals surface area contributed by atoms with Gasteiger partial charge in [0.2, 0.25) is 5.90 Å². The highest BCUT2D eigenvalue weighted by molar-refractivity contribution is 7.98. The minimum atomic E-state index is -0.464. The van der Waals surface area contributed by atoms with E-state index >= 15 is 0 Å². The summed E-state index contributed by atoms with van der Waals surface area (Å²) in [6, 6.07) is 25.2. The van der Waals surface area contributed by atoms with Gasteiger partial charge in [-0.15, -0.1) is 11.8 Å². The second-order valence-corrected chi connectivity index (χ2v) is 7.65. The lowest BCUT2D eigenvalue weighted by Crippen LogP contribution is -2.08. The summed E-state index contributed by atoms with van der Waals surface area (Å²) in [5.41, 5.74) is 3.48. The molecule has 0 aliphatic carbocycles. The smallest absolute Gasteiger partial charge is 0.364 e. The van der Waals surface area contributed by atoms with Crippen LogP contribution < -0.4 is 4.74 Å². The molecule has 30 heavy (non-hydrogen) atoms. The fourth-order valence-electron chi connectivity index (χ4n) is 3.41. The van der Waals surface area contributed by atoms with E-state index in [4.69, 9.17) is 9.47 Å². The van der Waals surface area contributed by atoms with Crippen LogP contribution in [0.4, 0.5) is 0 Å². The Bertz CT molecular complexity index is 1220. The number of para-hydroxylation sites is 1. The summed E-state index contributed by atoms with van der Waals surface area (Å²) in [5.74, 6) is 1.20. The van der Waals surface area contributed by atoms with E-state index < -0.39 is 5.97 Å². The van der Waals surface area contributed by atoms with Crippen LogP contribution in [-0.2, 0) is 9.53 Å². The van der Waals surface area contributed by atoms with Crippen molar-refractivity contribution >= 4 is 35.0 Å². The van der Waals surface area contributed by atoms with E-state index in [2.05, 4.69) is 4.99 Å². The number of ether oxygens (including phenoxy) is 2. The highest BCUT2D eigenvalue weighted by Crippen LogP contribution is 2.40. The van der Waals surface area contributed by atoms with Gasteiger partial charge in [0.1, 0.15) is 11.5 Å². The van der Waals surface area contributed by atoms with Crippen molar-refractivity contribution in [1.82, 2.24) is 0 Å². The largest absolute Gasteiger partial charge is 0.456 e. The SMILES string of the molecule is CSc1ccc(C2=CC(=C3N=C(c4ccccc4)OC3=O)c3ccccc3O2)cc1. The lowest BCUT2D eigenvalue weighted by molar-refractivity contribution is -0.129. The van der Waals surface area contributed by atoms with Crippen molar-refractivity contribution in [1.29, 1.82) is 0 Å². The number of allylic oxidation sites excluding steroid dienone is 2. The first-order valence-corrected chi connectivity index (χ1v) is 10.7. The van der Waals surface area contributed by atoms with Gasteiger partial charge in [0.05, 0.1) is 0 Å². The summed E-state index contributed by atoms with van der Waals surface area (Å²) in [5, 5.41) is 0. The molecule has 5 rings (SSSR count). The maximum Gasteiger partial charge on any atom is 0.364 e. The molecule has 0 bridgehead atoms. The predicted molar refractivity (Wildman–Crippen MR) is 119 cm³/mol. The van der Waals surface area contributed by atoms with E-state index in [1.807, 2.05) is 91.2 Å². The summed E-state index contributed by atoms with van der Waals surface area (Å²) in [6.07, 6.45) is 3.91. The zero-order valence-corrected chi connectivity index (χ0v) is 17.0. The van der Waals surface area contributed by atoms with E-state index in [0.29, 0.717) is 23.0 Å². The van der Waals surface area contributed by atoms with Crippen molar-refractivity contribution in [2.45, 2.75) is 4.90 Å². The van der Waals surface area contributed by atoms with Crippen molar-refractivity contribution in [2.75, 3.05) is 6.26 Å². The average Bonchev–Trinajstić information content (AvgIpc) is 3.20. The van der Waals surface area contributed by atoms with Crippen molar-refractivity contribution in [3.05, 3.63) is 107 Å². The number of hydrogen-bond donors (Lipinski definition) is 0. The monoisotopic (exact) mass is 411 g/mol. The molecule has 2 heterocycles. The zero-order chi connectivity index (χ0) is 20.5. The van der Waals surface area contributed by atoms with Gasteiger partial charge in [-0.25, -0.2) is 9.79 Å². The number of carbonyl (C=O) groups is 1. The maximum atomic E-state index is 12.7. The Hall–Kier alpha value is -3.57. The van der Waals surface area contributed by atoms with Crippen molar-refractivity contribution in [3.63, 3.8) is 0 Å². The normalized spacial score (nSPS) is 17.6. The van der Waals surface area contributed by atoms with E-state index in [0.717, 1.165) is 16.7 Å². The summed E-state index contributed by atoms with van der Waals surface area (Å²) in [6.45, 7) is 0. The van der Waals surface area contributed by atoms with Crippen LogP contribution in [0.3, 0.4) is 0 Å². The second-order valence-electron chi connectivity index (χ2n) is 6.77. The Labute approximate surface area is 178 Å². The third-order valence-electron chi connectivity index (χ3n) is 4.92. The molecule has 0 fully saturated rings. The third-order valence-corrected chi connectivity index (χ3v) is 5.66. The number of aliphatic imine (C=N–C) groups is 1. The lowest BCUT2D eigenvalue weighted by atomic mass is 9.98. The molecule has 0 saturated heterocycles. The Kier molecular flexibility index (Phi) is 4.73. The van der Waals surface area contributed by atoms with Gasteiger partial charge in [0.15, 0.2) is 5.70 Å². The van der Waals surface area contributed by atoms with Crippen LogP contribution in [0.15, 0.2) is 101 Å². The molecule has 0 unspecified atom stereocenters. The molecule has 146 valence electrons. The standard InChI is InChI=1S/C25H17NO3S/c1-30-18-13-11-16(12-14-18)22-15-20(19-9-5-6-10-21(19)28-22)23-25(27)29-24(26-23)17-7-3-2-4-8-17/h2-15H,1H3. The Morgan fingerprint density at radius 1 is 0.800 bits per heavy atom. The van der Waals surface area contributed by atoms with Crippen molar-refractivity contribution in [3.8, 4) is 5.75 Å². The number of rotatable bonds is 3. The second kappa shape index (κ2) is 7.69. The molecular formula is C25H17NO3S. The van der Waals surface area contributed by atoms with Gasteiger partial charge in [0, 0.05) is 27.2 Å². The Morgan fingerprint density at radius 2 is 1.53 bits per heavy atom. The van der Waals surface area contributed by atoms with Crippen LogP contribution in [0, 0.1) is 0 Å². The number of hydrogen-bond acceptors (Lipinski definition) is 5. The highest BCUT2D eigenvalue weighted by Gasteiger charge is 2.30. The Balaban J connectivity index is 1.65. The molecule has 0 saturated carbocycles. The van der Waals surface area contributed by atoms with Gasteiger partial charge >= 0.3 is 5.97 Å². The number of fused-ring (bicyclic) bond motifs is 1. The van der Waals surface area contributed by atoms with Crippen LogP contribution in [0.1, 0.15) is 16.7 Å². The molecule has 4 nitrogen and oxygen atoms in total. The molecule has 3 aromatic rings. The fourth-order valence-corrected chi connectivity index (χ4v) is 3.82. The van der Waals surface area contributed by atoms with Gasteiger partial charge in [-0.2, -0.15) is 0 Å². The molecule has 0 atom stereocenters. The number of esters is 1. The number of benzene rings is 3. The van der Waals surface area contributed by atoms with Gasteiger partial charge in [-0.1, -0.05) is 48.5 Å². The third kappa shape index (κ3) is 3.33. The first kappa shape index (κ1) is 18.5. The van der Waals surface area contributed by atoms with E-state index in [-0.39, 0.29) is 5.70 Å². The zero-order valence-electron chi connectivity index (χ0n) is 16.2. The molecule has 0 aromatic heterocycles. The van der Waals surface area contributed by atoms with Crippen molar-refractivity contribution < 1.29 is 14.3 Å². The van der Waals surface area contributed by atoms with E-state index in [1.165, 1.54) is 4.90 Å². The van der Waals surface area contributed by atoms with Crippen LogP contribution >= 0.6 is 11.8 Å². The first-order valence-electron chi connectivity index (χ1n) is 9.47. The first-order chi connectivity index (χ1) is 14.7. The Morgan fingerprint density at radius 3 is 2.30 bits per heavy atom. The molecule has 0 spiro atoms. The molecule has 2 aliphatic heterocycles. The number of cyclic esters (lactones) is 1. The van der Waals surface area contributed by atoms with Gasteiger partial charge in [-0.05, 0) is 42.7 Å². The van der Waals surface area contributed by atoms with E-state index in [1.54, 1.807) is 11.8 Å². The van der Waals surface area contributed by atoms with Gasteiger partial charge in [0.25, 0.3) is 0 Å². The van der Waals surface area contributed by atoms with Crippen LogP contribution in [0.2, 0.25) is 0 Å². The summed E-state index contributed by atoms with van der Waals surface area (Å²) >= 11 is 1.68.